The van der Waals surface area contributed by atoms with E-state index < -0.39 is 0 Å². The number of nitrogens with zero attached hydrogens (tertiary/aromatic N) is 2. The number of benzene rings is 1. The van der Waals surface area contributed by atoms with Gasteiger partial charge in [0.25, 0.3) is 0 Å². The molecule has 0 amide bonds. The Balaban J connectivity index is 2.27. The molecule has 19 heavy (non-hydrogen) atoms. The summed E-state index contributed by atoms with van der Waals surface area (Å²) in [4.78, 5) is 0. The molecule has 0 bridgehead atoms. The molecule has 1 aromatic carbocycles. The summed E-state index contributed by atoms with van der Waals surface area (Å²) >= 11 is 5.92. The normalized spacial score (nSPS) is 10.9. The summed E-state index contributed by atoms with van der Waals surface area (Å²) in [5.41, 5.74) is 4.74. The average molecular weight is 278 g/mol. The minimum Gasteiger partial charge on any atom is -0.320 e. The Morgan fingerprint density at radius 2 is 1.89 bits per heavy atom. The summed E-state index contributed by atoms with van der Waals surface area (Å²) in [6.07, 6.45) is 2.19. The standard InChI is InChI=1S/C15H20ClN3/c1-11-15(5-4-10-17-3)12(2)19(18-11)14-8-6-13(16)7-9-14/h6-9,17H,4-5,10H2,1-3H3. The largest absolute Gasteiger partial charge is 0.320 e. The maximum Gasteiger partial charge on any atom is 0.0649 e. The van der Waals surface area contributed by atoms with Crippen molar-refractivity contribution in [2.75, 3.05) is 13.6 Å². The Morgan fingerprint density at radius 1 is 1.21 bits per heavy atom. The van der Waals surface area contributed by atoms with Gasteiger partial charge in [-0.1, -0.05) is 11.6 Å². The van der Waals surface area contributed by atoms with E-state index in [1.54, 1.807) is 0 Å². The molecule has 2 rings (SSSR count). The average Bonchev–Trinajstić information content (AvgIpc) is 2.68. The van der Waals surface area contributed by atoms with Gasteiger partial charge in [0.1, 0.15) is 0 Å². The lowest BCUT2D eigenvalue weighted by molar-refractivity contribution is 0.720. The molecule has 4 heteroatoms. The summed E-state index contributed by atoms with van der Waals surface area (Å²) in [6, 6.07) is 7.79. The highest BCUT2D eigenvalue weighted by Gasteiger charge is 2.12. The number of rotatable bonds is 5. The molecule has 0 unspecified atom stereocenters. The quantitative estimate of drug-likeness (QED) is 0.850. The van der Waals surface area contributed by atoms with E-state index in [1.165, 1.54) is 11.3 Å². The first-order valence-electron chi connectivity index (χ1n) is 6.59. The lowest BCUT2D eigenvalue weighted by Gasteiger charge is -2.05. The zero-order chi connectivity index (χ0) is 13.8. The van der Waals surface area contributed by atoms with E-state index >= 15 is 0 Å². The highest BCUT2D eigenvalue weighted by Crippen LogP contribution is 2.20. The van der Waals surface area contributed by atoms with Gasteiger partial charge in [0.15, 0.2) is 0 Å². The van der Waals surface area contributed by atoms with E-state index in [0.29, 0.717) is 0 Å². The molecule has 0 aliphatic carbocycles. The summed E-state index contributed by atoms with van der Waals surface area (Å²) in [6.45, 7) is 5.24. The van der Waals surface area contributed by atoms with E-state index in [-0.39, 0.29) is 0 Å². The van der Waals surface area contributed by atoms with Gasteiger partial charge in [-0.25, -0.2) is 4.68 Å². The van der Waals surface area contributed by atoms with Crippen molar-refractivity contribution in [1.82, 2.24) is 15.1 Å². The Labute approximate surface area is 119 Å². The smallest absolute Gasteiger partial charge is 0.0649 e. The van der Waals surface area contributed by atoms with Crippen molar-refractivity contribution in [2.45, 2.75) is 26.7 Å². The third kappa shape index (κ3) is 3.17. The van der Waals surface area contributed by atoms with Crippen molar-refractivity contribution in [3.63, 3.8) is 0 Å². The summed E-state index contributed by atoms with van der Waals surface area (Å²) in [5, 5.41) is 8.57. The SMILES string of the molecule is CNCCCc1c(C)nn(-c2ccc(Cl)cc2)c1C. The summed E-state index contributed by atoms with van der Waals surface area (Å²) in [7, 11) is 1.98. The molecule has 0 radical (unpaired) electrons. The van der Waals surface area contributed by atoms with Crippen LogP contribution in [0, 0.1) is 13.8 Å². The van der Waals surface area contributed by atoms with Crippen LogP contribution >= 0.6 is 11.6 Å². The molecule has 0 saturated carbocycles. The first-order chi connectivity index (χ1) is 9.13. The van der Waals surface area contributed by atoms with Gasteiger partial charge in [0, 0.05) is 10.7 Å². The number of nitrogens with one attached hydrogen (secondary N) is 1. The van der Waals surface area contributed by atoms with Crippen LogP contribution in [0.3, 0.4) is 0 Å². The minimum atomic E-state index is 0.750. The molecular formula is C15H20ClN3. The van der Waals surface area contributed by atoms with Crippen LogP contribution in [0.25, 0.3) is 5.69 Å². The number of hydrogen-bond acceptors (Lipinski definition) is 2. The van der Waals surface area contributed by atoms with E-state index in [9.17, 15) is 0 Å². The third-order valence-corrected chi connectivity index (χ3v) is 3.62. The van der Waals surface area contributed by atoms with Crippen molar-refractivity contribution in [3.05, 3.63) is 46.2 Å². The number of halogens is 1. The lowest BCUT2D eigenvalue weighted by Crippen LogP contribution is -2.09. The topological polar surface area (TPSA) is 29.9 Å². The fraction of sp³-hybridized carbons (Fsp3) is 0.400. The fourth-order valence-electron chi connectivity index (χ4n) is 2.31. The van der Waals surface area contributed by atoms with Gasteiger partial charge in [0.2, 0.25) is 0 Å². The first-order valence-corrected chi connectivity index (χ1v) is 6.97. The van der Waals surface area contributed by atoms with Crippen molar-refractivity contribution in [2.24, 2.45) is 0 Å². The van der Waals surface area contributed by atoms with E-state index in [1.807, 2.05) is 36.0 Å². The van der Waals surface area contributed by atoms with E-state index in [2.05, 4.69) is 24.3 Å². The van der Waals surface area contributed by atoms with Gasteiger partial charge in [-0.2, -0.15) is 5.10 Å². The molecule has 0 aliphatic heterocycles. The number of hydrogen-bond donors (Lipinski definition) is 1. The zero-order valence-corrected chi connectivity index (χ0v) is 12.5. The zero-order valence-electron chi connectivity index (χ0n) is 11.7. The Hall–Kier alpha value is -1.32. The maximum absolute atomic E-state index is 5.92. The van der Waals surface area contributed by atoms with Crippen molar-refractivity contribution >= 4 is 11.6 Å². The second kappa shape index (κ2) is 6.22. The van der Waals surface area contributed by atoms with E-state index in [4.69, 9.17) is 11.6 Å². The van der Waals surface area contributed by atoms with Gasteiger partial charge < -0.3 is 5.32 Å². The van der Waals surface area contributed by atoms with Gasteiger partial charge in [-0.05, 0) is 70.1 Å². The van der Waals surface area contributed by atoms with Gasteiger partial charge in [-0.15, -0.1) is 0 Å². The molecule has 0 spiro atoms. The predicted octanol–water partition coefficient (Wildman–Crippen LogP) is 3.29. The van der Waals surface area contributed by atoms with E-state index in [0.717, 1.165) is 35.8 Å². The van der Waals surface area contributed by atoms with Crippen LogP contribution in [0.2, 0.25) is 5.02 Å². The maximum atomic E-state index is 5.92. The molecule has 0 atom stereocenters. The van der Waals surface area contributed by atoms with Crippen LogP contribution in [-0.2, 0) is 6.42 Å². The molecule has 1 heterocycles. The number of aromatic nitrogens is 2. The molecule has 3 nitrogen and oxygen atoms in total. The third-order valence-electron chi connectivity index (χ3n) is 3.37. The van der Waals surface area contributed by atoms with Gasteiger partial charge >= 0.3 is 0 Å². The van der Waals surface area contributed by atoms with Crippen LogP contribution in [0.5, 0.6) is 0 Å². The highest BCUT2D eigenvalue weighted by atomic mass is 35.5. The molecule has 1 aromatic heterocycles. The van der Waals surface area contributed by atoms with Crippen LogP contribution in [0.15, 0.2) is 24.3 Å². The molecule has 0 aliphatic rings. The van der Waals surface area contributed by atoms with Crippen LogP contribution in [-0.4, -0.2) is 23.4 Å². The molecule has 102 valence electrons. The molecule has 2 aromatic rings. The highest BCUT2D eigenvalue weighted by molar-refractivity contribution is 6.30. The van der Waals surface area contributed by atoms with Gasteiger partial charge in [0.05, 0.1) is 11.4 Å². The Morgan fingerprint density at radius 3 is 2.53 bits per heavy atom. The molecular weight excluding hydrogens is 258 g/mol. The summed E-state index contributed by atoms with van der Waals surface area (Å²) in [5.74, 6) is 0. The molecule has 0 fully saturated rings. The van der Waals surface area contributed by atoms with Crippen LogP contribution < -0.4 is 5.32 Å². The van der Waals surface area contributed by atoms with Crippen LogP contribution in [0.4, 0.5) is 0 Å². The Bertz CT molecular complexity index is 543. The Kier molecular flexibility index (Phi) is 4.61. The minimum absolute atomic E-state index is 0.750. The van der Waals surface area contributed by atoms with Crippen LogP contribution in [0.1, 0.15) is 23.4 Å². The van der Waals surface area contributed by atoms with Crippen molar-refractivity contribution < 1.29 is 0 Å². The molecule has 1 N–H and O–H groups in total. The first kappa shape index (κ1) is 14.1. The second-order valence-corrected chi connectivity index (χ2v) is 5.18. The second-order valence-electron chi connectivity index (χ2n) is 4.74. The van der Waals surface area contributed by atoms with Crippen molar-refractivity contribution in [3.8, 4) is 5.69 Å². The fourth-order valence-corrected chi connectivity index (χ4v) is 2.44. The van der Waals surface area contributed by atoms with Crippen molar-refractivity contribution in [1.29, 1.82) is 0 Å². The summed E-state index contributed by atoms with van der Waals surface area (Å²) < 4.78 is 2.00. The molecule has 0 saturated heterocycles. The monoisotopic (exact) mass is 277 g/mol. The van der Waals surface area contributed by atoms with Gasteiger partial charge in [-0.3, -0.25) is 0 Å². The lowest BCUT2D eigenvalue weighted by atomic mass is 10.1. The number of aryl methyl sites for hydroxylation is 1. The predicted molar refractivity (Wildman–Crippen MR) is 80.3 cm³/mol.